The highest BCUT2D eigenvalue weighted by Crippen LogP contribution is 2.61. The van der Waals surface area contributed by atoms with Crippen LogP contribution in [0.4, 0.5) is 0 Å². The lowest BCUT2D eigenvalue weighted by molar-refractivity contribution is 0.159. The van der Waals surface area contributed by atoms with Crippen LogP contribution in [-0.2, 0) is 0 Å². The molecule has 6 aliphatic carbocycles. The quantitative estimate of drug-likeness (QED) is 0.322. The van der Waals surface area contributed by atoms with Crippen LogP contribution in [0, 0.1) is 47.3 Å². The molecule has 0 aromatic rings. The Morgan fingerprint density at radius 2 is 0.821 bits per heavy atom. The molecule has 8 atom stereocenters. The van der Waals surface area contributed by atoms with Crippen molar-refractivity contribution in [3.05, 3.63) is 0 Å². The first kappa shape index (κ1) is 28.5. The summed E-state index contributed by atoms with van der Waals surface area (Å²) >= 11 is 5.10. The van der Waals surface area contributed by atoms with Crippen molar-refractivity contribution in [3.63, 3.8) is 0 Å². The fourth-order valence-corrected chi connectivity index (χ4v) is 15.7. The van der Waals surface area contributed by atoms with E-state index >= 15 is 0 Å². The van der Waals surface area contributed by atoms with Gasteiger partial charge in [0.05, 0.1) is 0 Å². The lowest BCUT2D eigenvalue weighted by Gasteiger charge is -2.57. The summed E-state index contributed by atoms with van der Waals surface area (Å²) in [4.78, 5) is 0. The largest absolute Gasteiger partial charge is 0.153 e. The molecule has 1 aliphatic heterocycles. The first-order valence-corrected chi connectivity index (χ1v) is 20.5. The second kappa shape index (κ2) is 13.6. The van der Waals surface area contributed by atoms with Crippen LogP contribution in [0.1, 0.15) is 161 Å². The molecule has 39 heavy (non-hydrogen) atoms. The predicted octanol–water partition coefficient (Wildman–Crippen LogP) is 11.7. The minimum absolute atomic E-state index is 1.01. The van der Waals surface area contributed by atoms with Crippen LogP contribution >= 0.6 is 23.5 Å². The maximum absolute atomic E-state index is 2.55. The van der Waals surface area contributed by atoms with Gasteiger partial charge in [-0.15, -0.1) is 0 Å². The second-order valence-corrected chi connectivity index (χ2v) is 19.0. The molecule has 222 valence electrons. The Hall–Kier alpha value is 0.700. The van der Waals surface area contributed by atoms with Gasteiger partial charge in [0.2, 0.25) is 0 Å². The van der Waals surface area contributed by atoms with Crippen molar-refractivity contribution < 1.29 is 0 Å². The van der Waals surface area contributed by atoms with E-state index in [1.54, 1.807) is 109 Å². The minimum atomic E-state index is 1.01. The molecule has 0 radical (unpaired) electrons. The van der Waals surface area contributed by atoms with E-state index < -0.39 is 0 Å². The van der Waals surface area contributed by atoms with Crippen molar-refractivity contribution in [3.8, 4) is 0 Å². The molecule has 0 N–H and O–H groups in total. The normalized spacial score (nSPS) is 47.8. The molecule has 0 nitrogen and oxygen atoms in total. The molecular weight excluding hydrogens is 509 g/mol. The number of hydrogen-bond donors (Lipinski definition) is 0. The van der Waals surface area contributed by atoms with Crippen molar-refractivity contribution in [2.24, 2.45) is 47.3 Å². The zero-order valence-corrected chi connectivity index (χ0v) is 27.1. The molecule has 0 spiro atoms. The standard InChI is InChI=1S/C37H62S2/c1-2-4-6-11-32-33(12-7-5-3-1)37-36(32)38-34-21-16-28(17-22-35(34)39-37)24-29-15-20-31(25-29)30-18-13-27(14-19-30)23-26-9-8-10-26/h26-37H,1-25H2. The van der Waals surface area contributed by atoms with Crippen LogP contribution in [0.25, 0.3) is 0 Å². The molecule has 8 unspecified atom stereocenters. The van der Waals surface area contributed by atoms with Crippen LogP contribution in [-0.4, -0.2) is 21.0 Å². The lowest BCUT2D eigenvalue weighted by atomic mass is 9.68. The van der Waals surface area contributed by atoms with E-state index in [4.69, 9.17) is 0 Å². The van der Waals surface area contributed by atoms with Gasteiger partial charge in [0.15, 0.2) is 0 Å². The van der Waals surface area contributed by atoms with Gasteiger partial charge in [-0.25, -0.2) is 0 Å². The summed E-state index contributed by atoms with van der Waals surface area (Å²) in [6, 6.07) is 0. The van der Waals surface area contributed by atoms with Crippen molar-refractivity contribution in [2.75, 3.05) is 0 Å². The topological polar surface area (TPSA) is 0 Å². The smallest absolute Gasteiger partial charge is 0.0203 e. The third-order valence-electron chi connectivity index (χ3n) is 13.8. The first-order chi connectivity index (χ1) is 19.3. The third-order valence-corrected chi connectivity index (χ3v) is 17.9. The molecule has 7 rings (SSSR count). The first-order valence-electron chi connectivity index (χ1n) is 18.6. The molecule has 0 amide bonds. The maximum atomic E-state index is 2.55. The van der Waals surface area contributed by atoms with Crippen molar-refractivity contribution in [1.82, 2.24) is 0 Å². The SMILES string of the molecule is C1CCCCC2C(CCCC1)C1SC3CCC(CC4CCC(C5CCC(CC6CCC6)CC5)C4)CCC3SC21. The molecular formula is C37H62S2. The van der Waals surface area contributed by atoms with Gasteiger partial charge in [-0.2, -0.15) is 23.5 Å². The van der Waals surface area contributed by atoms with Crippen molar-refractivity contribution in [2.45, 2.75) is 182 Å². The van der Waals surface area contributed by atoms with E-state index in [1.165, 1.54) is 51.4 Å². The van der Waals surface area contributed by atoms with E-state index in [1.807, 2.05) is 0 Å². The monoisotopic (exact) mass is 570 g/mol. The Kier molecular flexibility index (Phi) is 9.90. The van der Waals surface area contributed by atoms with Crippen LogP contribution in [0.15, 0.2) is 0 Å². The molecule has 6 saturated carbocycles. The Bertz CT molecular complexity index is 719. The molecule has 1 heterocycles. The Morgan fingerprint density at radius 3 is 1.38 bits per heavy atom. The summed E-state index contributed by atoms with van der Waals surface area (Å²) in [5.41, 5.74) is 0. The number of fused-ring (bicyclic) bond motifs is 5. The Balaban J connectivity index is 0.861. The maximum Gasteiger partial charge on any atom is 0.0203 e. The molecule has 7 aliphatic rings. The lowest BCUT2D eigenvalue weighted by Crippen LogP contribution is -2.56. The summed E-state index contributed by atoms with van der Waals surface area (Å²) in [5.74, 6) is 8.82. The molecule has 0 bridgehead atoms. The summed E-state index contributed by atoms with van der Waals surface area (Å²) in [5, 5.41) is 4.09. The average Bonchev–Trinajstić information content (AvgIpc) is 3.28. The van der Waals surface area contributed by atoms with E-state index in [-0.39, 0.29) is 0 Å². The zero-order valence-electron chi connectivity index (χ0n) is 25.4. The second-order valence-electron chi connectivity index (χ2n) is 16.2. The van der Waals surface area contributed by atoms with Crippen molar-refractivity contribution in [1.29, 1.82) is 0 Å². The van der Waals surface area contributed by atoms with Gasteiger partial charge < -0.3 is 0 Å². The summed E-state index contributed by atoms with van der Waals surface area (Å²) in [7, 11) is 0. The number of rotatable bonds is 5. The Labute approximate surface area is 251 Å². The fraction of sp³-hybridized carbons (Fsp3) is 1.00. The fourth-order valence-electron chi connectivity index (χ4n) is 11.2. The van der Waals surface area contributed by atoms with E-state index in [0.717, 1.165) is 68.3 Å². The van der Waals surface area contributed by atoms with E-state index in [9.17, 15) is 0 Å². The van der Waals surface area contributed by atoms with Gasteiger partial charge in [-0.05, 0) is 124 Å². The molecule has 7 fully saturated rings. The van der Waals surface area contributed by atoms with Crippen molar-refractivity contribution >= 4 is 23.5 Å². The third kappa shape index (κ3) is 6.78. The van der Waals surface area contributed by atoms with Crippen LogP contribution < -0.4 is 0 Å². The number of thioether (sulfide) groups is 2. The van der Waals surface area contributed by atoms with Gasteiger partial charge in [0.1, 0.15) is 0 Å². The molecule has 1 saturated heterocycles. The average molecular weight is 571 g/mol. The molecule has 0 aromatic carbocycles. The van der Waals surface area contributed by atoms with Gasteiger partial charge in [0.25, 0.3) is 0 Å². The van der Waals surface area contributed by atoms with Gasteiger partial charge in [0, 0.05) is 21.0 Å². The van der Waals surface area contributed by atoms with Crippen LogP contribution in [0.2, 0.25) is 0 Å². The highest BCUT2D eigenvalue weighted by atomic mass is 32.2. The highest BCUT2D eigenvalue weighted by Gasteiger charge is 2.55. The minimum Gasteiger partial charge on any atom is -0.153 e. The molecule has 2 heteroatoms. The van der Waals surface area contributed by atoms with E-state index in [2.05, 4.69) is 23.5 Å². The summed E-state index contributed by atoms with van der Waals surface area (Å²) < 4.78 is 0. The highest BCUT2D eigenvalue weighted by molar-refractivity contribution is 8.08. The van der Waals surface area contributed by atoms with Crippen LogP contribution in [0.3, 0.4) is 0 Å². The van der Waals surface area contributed by atoms with Gasteiger partial charge in [-0.1, -0.05) is 83.5 Å². The van der Waals surface area contributed by atoms with Gasteiger partial charge in [-0.3, -0.25) is 0 Å². The van der Waals surface area contributed by atoms with E-state index in [0.29, 0.717) is 0 Å². The molecule has 0 aromatic heterocycles. The number of hydrogen-bond acceptors (Lipinski definition) is 2. The predicted molar refractivity (Wildman–Crippen MR) is 174 cm³/mol. The summed E-state index contributed by atoms with van der Waals surface area (Å²) in [6.07, 6.45) is 39.2. The van der Waals surface area contributed by atoms with Crippen LogP contribution in [0.5, 0.6) is 0 Å². The van der Waals surface area contributed by atoms with Gasteiger partial charge >= 0.3 is 0 Å². The Morgan fingerprint density at radius 1 is 0.359 bits per heavy atom. The zero-order chi connectivity index (χ0) is 26.0. The summed E-state index contributed by atoms with van der Waals surface area (Å²) in [6.45, 7) is 0.